The van der Waals surface area contributed by atoms with E-state index >= 15 is 0 Å². The molecule has 0 heterocycles. The van der Waals surface area contributed by atoms with Crippen molar-refractivity contribution < 1.29 is 82.5 Å². The van der Waals surface area contributed by atoms with Gasteiger partial charge in [0.05, 0.1) is 45.9 Å². The Labute approximate surface area is 836 Å². The standard InChI is InChI=1S/C53H94O12Si9.C16H18O2.C14H30O4Si4.C6H12OSi.2C3H6.6CH4/c1-19-57-70(13,14)63-73(60-66(4,5)6,52-27-23-21-24-28-52)61-68(9,10)44-39-48-31-33-50(34-32-48)47-55-41-42-56-51-37-35-49(36-38-51)40-45-69(11,12)62-74(53-29-25-22-26-30-53,64-71(15,16)58-20-2)65-72(17,18)59-43-46-67(7,8)54-3;1-3-7-15(8-4-1)13-17-11-12-18-14-16-9-5-2-6-10-16;1-8-15-21(6,7)18-22(16-19(2)3,17-20(4)5)14-12-10-9-11-13-14;1-5-7-8(3,4)6-2;2*1-3-2;;;;;;/h21-38H,19-20,39-47H2,1-18H3;1-10H,11-14H2;9-13,19-20H,8H2,1-7H3;5-6H,1-2H2,3-4H3;2*3H,1H2,2H3;6*1H4. The van der Waals surface area contributed by atoms with E-state index in [2.05, 4.69) is 274 Å². The third-order valence-electron chi connectivity index (χ3n) is 18.3. The molecule has 7 aromatic carbocycles. The smallest absolute Gasteiger partial charge is 0.508 e. The van der Waals surface area contributed by atoms with Gasteiger partial charge in [0.1, 0.15) is 12.4 Å². The summed E-state index contributed by atoms with van der Waals surface area (Å²) in [5, 5.41) is 3.00. The summed E-state index contributed by atoms with van der Waals surface area (Å²) in [5.41, 5.74) is 7.87. The second kappa shape index (κ2) is 70.2. The first kappa shape index (κ1) is 138. The van der Waals surface area contributed by atoms with Crippen LogP contribution in [0.25, 0.3) is 0 Å². The topological polar surface area (TPSA) is 175 Å². The summed E-state index contributed by atoms with van der Waals surface area (Å²) in [4.78, 5) is 0. The molecule has 0 radical (unpaired) electrons. The molecule has 0 amide bonds. The molecule has 7 rings (SSSR count). The van der Waals surface area contributed by atoms with E-state index in [1.807, 2.05) is 143 Å². The van der Waals surface area contributed by atoms with Crippen molar-refractivity contribution in [3.05, 3.63) is 278 Å². The lowest BCUT2D eigenvalue weighted by molar-refractivity contribution is 0.0339. The second-order valence-electron chi connectivity index (χ2n) is 36.3. The van der Waals surface area contributed by atoms with Gasteiger partial charge < -0.3 is 82.5 Å². The van der Waals surface area contributed by atoms with Crippen LogP contribution in [0.15, 0.2) is 251 Å². The van der Waals surface area contributed by atoms with Crippen LogP contribution in [-0.2, 0) is 110 Å². The second-order valence-corrected chi connectivity index (χ2v) is 86.0. The van der Waals surface area contributed by atoms with Gasteiger partial charge in [-0.1, -0.05) is 257 Å². The minimum atomic E-state index is -3.58. The van der Waals surface area contributed by atoms with Crippen molar-refractivity contribution in [1.82, 2.24) is 0 Å². The fourth-order valence-electron chi connectivity index (χ4n) is 12.4. The maximum atomic E-state index is 7.41. The fourth-order valence-corrected chi connectivity index (χ4v) is 55.9. The van der Waals surface area contributed by atoms with Crippen LogP contribution in [0.4, 0.5) is 0 Å². The molecule has 0 aliphatic heterocycles. The number of rotatable bonds is 54. The van der Waals surface area contributed by atoms with E-state index in [4.69, 9.17) is 82.5 Å². The summed E-state index contributed by atoms with van der Waals surface area (Å²) in [7, 11) is -31.2. The van der Waals surface area contributed by atoms with Crippen molar-refractivity contribution in [2.45, 2.75) is 281 Å². The van der Waals surface area contributed by atoms with Gasteiger partial charge in [-0.3, -0.25) is 0 Å². The summed E-state index contributed by atoms with van der Waals surface area (Å²) in [6, 6.07) is 70.8. The van der Waals surface area contributed by atoms with E-state index in [0.29, 0.717) is 72.7 Å². The largest absolute Gasteiger partial charge is 0.546 e. The molecule has 134 heavy (non-hydrogen) atoms. The lowest BCUT2D eigenvalue weighted by atomic mass is 10.1. The van der Waals surface area contributed by atoms with E-state index in [9.17, 15) is 0 Å². The molecule has 764 valence electrons. The SMILES string of the molecule is C.C.C.C.C.C.C=CC.C=CC.C=CO[Si](C)(C)C=C.CCO[Si](C)(C)O[Si](O[SiH](C)C)(O[SiH](C)C)c1ccccc1.CCO[Si](C)(C)O[Si](O[Si](C)(C)C)(O[Si](C)(C)CCc1ccc(COCCOc2ccc(CC[Si](C)(C)O[Si](O[Si](C)(C)OCC)(O[Si](C)(C)OCC[Si](C)(C)OC)c3ccccc3)cc2)cc1)c1ccccc1.c1ccc(COCCOCc2ccccc2)cc1. The molecular weight excluding hydrogens is 1910 g/mol. The minimum absolute atomic E-state index is 0. The lowest BCUT2D eigenvalue weighted by Gasteiger charge is -2.44. The van der Waals surface area contributed by atoms with Crippen LogP contribution in [-0.4, -0.2) is 180 Å². The third-order valence-corrected chi connectivity index (χ3v) is 61.0. The molecule has 33 heteroatoms. The Balaban J connectivity index is -0.000000744. The molecule has 0 aromatic heterocycles. The zero-order chi connectivity index (χ0) is 96.3. The fraction of sp³-hybridized carbons (Fsp3) is 0.505. The highest BCUT2D eigenvalue weighted by atomic mass is 28.5. The Morgan fingerprint density at radius 1 is 0.313 bits per heavy atom. The third kappa shape index (κ3) is 59.9. The molecule has 0 saturated heterocycles. The van der Waals surface area contributed by atoms with Gasteiger partial charge in [0, 0.05) is 49.1 Å². The maximum absolute atomic E-state index is 7.41. The Morgan fingerprint density at radius 2 is 0.597 bits per heavy atom. The monoisotopic (exact) mass is 2100 g/mol. The van der Waals surface area contributed by atoms with Crippen molar-refractivity contribution in [2.24, 2.45) is 0 Å². The van der Waals surface area contributed by atoms with Crippen LogP contribution in [0, 0.1) is 0 Å². The highest BCUT2D eigenvalue weighted by Gasteiger charge is 2.57. The number of ether oxygens (including phenoxy) is 4. The summed E-state index contributed by atoms with van der Waals surface area (Å²) in [6.07, 6.45) is 6.73. The van der Waals surface area contributed by atoms with Crippen molar-refractivity contribution in [1.29, 1.82) is 0 Å². The van der Waals surface area contributed by atoms with Crippen molar-refractivity contribution in [2.75, 3.05) is 60.0 Å². The van der Waals surface area contributed by atoms with E-state index in [1.54, 1.807) is 19.3 Å². The highest BCUT2D eigenvalue weighted by molar-refractivity contribution is 6.96. The van der Waals surface area contributed by atoms with E-state index in [1.165, 1.54) is 28.5 Å². The quantitative estimate of drug-likeness (QED) is 0.0152. The van der Waals surface area contributed by atoms with Crippen LogP contribution in [0.2, 0.25) is 169 Å². The molecule has 0 aliphatic carbocycles. The van der Waals surface area contributed by atoms with E-state index in [-0.39, 0.29) is 44.6 Å². The van der Waals surface area contributed by atoms with Gasteiger partial charge in [0.2, 0.25) is 0 Å². The number of benzene rings is 7. The Bertz CT molecular complexity index is 4030. The predicted molar refractivity (Wildman–Crippen MR) is 610 cm³/mol. The molecule has 7 aromatic rings. The summed E-state index contributed by atoms with van der Waals surface area (Å²) >= 11 is 0. The highest BCUT2D eigenvalue weighted by Crippen LogP contribution is 2.33. The molecule has 0 saturated carbocycles. The Hall–Kier alpha value is -4.54. The van der Waals surface area contributed by atoms with Crippen LogP contribution < -0.4 is 20.3 Å². The molecule has 2 atom stereocenters. The van der Waals surface area contributed by atoms with Gasteiger partial charge in [-0.15, -0.1) is 19.7 Å². The molecule has 0 spiro atoms. The van der Waals surface area contributed by atoms with Gasteiger partial charge in [0.25, 0.3) is 8.32 Å². The van der Waals surface area contributed by atoms with Crippen LogP contribution in [0.3, 0.4) is 0 Å². The molecule has 19 nitrogen and oxygen atoms in total. The minimum Gasteiger partial charge on any atom is -0.546 e. The summed E-state index contributed by atoms with van der Waals surface area (Å²) in [5.74, 6) is 0.816. The molecule has 2 unspecified atom stereocenters. The van der Waals surface area contributed by atoms with Crippen molar-refractivity contribution in [3.8, 4) is 5.75 Å². The summed E-state index contributed by atoms with van der Waals surface area (Å²) in [6.45, 7) is 79.5. The molecule has 0 fully saturated rings. The zero-order valence-corrected chi connectivity index (χ0v) is 98.2. The maximum Gasteiger partial charge on any atom is 0.508 e. The van der Waals surface area contributed by atoms with Crippen LogP contribution in [0.5, 0.6) is 5.75 Å². The van der Waals surface area contributed by atoms with Crippen LogP contribution >= 0.6 is 0 Å². The van der Waals surface area contributed by atoms with Crippen LogP contribution in [0.1, 0.15) is 107 Å². The van der Waals surface area contributed by atoms with Crippen molar-refractivity contribution in [3.63, 3.8) is 0 Å². The predicted octanol–water partition coefficient (Wildman–Crippen LogP) is 26.7. The average molecular weight is 2100 g/mol. The zero-order valence-electron chi connectivity index (χ0n) is 83.9. The average Bonchev–Trinajstić information content (AvgIpc) is 0.775. The van der Waals surface area contributed by atoms with Gasteiger partial charge >= 0.3 is 60.7 Å². The van der Waals surface area contributed by atoms with Gasteiger partial charge in [0.15, 0.2) is 51.4 Å². The van der Waals surface area contributed by atoms with Gasteiger partial charge in [-0.2, -0.15) is 0 Å². The first-order valence-electron chi connectivity index (χ1n) is 45.3. The first-order chi connectivity index (χ1) is 60.1. The Kier molecular flexibility index (Phi) is 72.2. The number of aryl methyl sites for hydroxylation is 2. The van der Waals surface area contributed by atoms with E-state index < -0.39 is 120 Å². The summed E-state index contributed by atoms with van der Waals surface area (Å²) < 4.78 is 122. The molecule has 0 aliphatic rings. The molecule has 0 N–H and O–H groups in total. The molecule has 0 bridgehead atoms. The number of allylic oxidation sites excluding steroid dienone is 2. The number of hydrogen-bond acceptors (Lipinski definition) is 19. The van der Waals surface area contributed by atoms with E-state index in [0.717, 1.165) is 57.8 Å². The Morgan fingerprint density at radius 3 is 0.896 bits per heavy atom. The van der Waals surface area contributed by atoms with Gasteiger partial charge in [-0.05, 0) is 256 Å². The van der Waals surface area contributed by atoms with Crippen molar-refractivity contribution >= 4 is 136 Å². The normalized spacial score (nSPS) is 12.6. The lowest BCUT2D eigenvalue weighted by Crippen LogP contribution is -2.69. The molecular formula is C101H190O19Si14. The van der Waals surface area contributed by atoms with Gasteiger partial charge in [-0.25, -0.2) is 0 Å². The first-order valence-corrected chi connectivity index (χ1v) is 83.0. The number of hydrogen-bond donors (Lipinski definition) is 0.